The first kappa shape index (κ1) is 14.3. The number of H-pyrrole nitrogens is 2. The van der Waals surface area contributed by atoms with Gasteiger partial charge in [0.25, 0.3) is 0 Å². The number of hydrogen-bond acceptors (Lipinski definition) is 2. The molecule has 5 aromatic rings. The van der Waals surface area contributed by atoms with Crippen molar-refractivity contribution in [1.29, 1.82) is 0 Å². The van der Waals surface area contributed by atoms with E-state index in [0.29, 0.717) is 43.1 Å². The van der Waals surface area contributed by atoms with E-state index < -0.39 is 0 Å². The quantitative estimate of drug-likeness (QED) is 0.410. The van der Waals surface area contributed by atoms with Crippen LogP contribution in [0.4, 0.5) is 0 Å². The molecule has 2 heterocycles. The summed E-state index contributed by atoms with van der Waals surface area (Å²) in [6.07, 6.45) is 0. The molecule has 0 bridgehead atoms. The third kappa shape index (κ3) is 2.01. The molecule has 0 spiro atoms. The number of halogens is 1. The molecule has 0 atom stereocenters. The van der Waals surface area contributed by atoms with Crippen molar-refractivity contribution in [1.82, 2.24) is 9.97 Å². The monoisotopic (exact) mass is 346 g/mol. The highest BCUT2D eigenvalue weighted by atomic mass is 35.5. The van der Waals surface area contributed by atoms with Crippen molar-refractivity contribution >= 4 is 55.2 Å². The fourth-order valence-electron chi connectivity index (χ4n) is 3.37. The lowest BCUT2D eigenvalue weighted by molar-refractivity contribution is 1.46. The summed E-state index contributed by atoms with van der Waals surface area (Å²) in [6.45, 7) is 0. The minimum Gasteiger partial charge on any atom is -0.354 e. The van der Waals surface area contributed by atoms with Crippen molar-refractivity contribution in [2.45, 2.75) is 0 Å². The largest absolute Gasteiger partial charge is 0.354 e. The van der Waals surface area contributed by atoms with Gasteiger partial charge in [-0.2, -0.15) is 0 Å². The van der Waals surface area contributed by atoms with Crippen molar-refractivity contribution in [2.75, 3.05) is 0 Å². The van der Waals surface area contributed by atoms with E-state index in [2.05, 4.69) is 9.97 Å². The van der Waals surface area contributed by atoms with Gasteiger partial charge in [-0.05, 0) is 42.5 Å². The lowest BCUT2D eigenvalue weighted by atomic mass is 10.1. The van der Waals surface area contributed by atoms with Crippen LogP contribution in [0, 0.1) is 0 Å². The summed E-state index contributed by atoms with van der Waals surface area (Å²) in [6, 6.07) is 16.0. The van der Waals surface area contributed by atoms with Crippen LogP contribution in [0.3, 0.4) is 0 Å². The molecular formula is C20H11ClN2O2. The summed E-state index contributed by atoms with van der Waals surface area (Å²) in [5, 5.41) is 2.74. The highest BCUT2D eigenvalue weighted by Crippen LogP contribution is 2.22. The van der Waals surface area contributed by atoms with Crippen LogP contribution >= 0.6 is 11.6 Å². The number of nitrogens with one attached hydrogen (secondary N) is 2. The summed E-state index contributed by atoms with van der Waals surface area (Å²) < 4.78 is 0. The van der Waals surface area contributed by atoms with Gasteiger partial charge in [0, 0.05) is 37.6 Å². The van der Waals surface area contributed by atoms with Crippen LogP contribution in [0.5, 0.6) is 0 Å². The Morgan fingerprint density at radius 1 is 0.600 bits per heavy atom. The van der Waals surface area contributed by atoms with E-state index in [1.807, 2.05) is 18.2 Å². The molecule has 2 N–H and O–H groups in total. The van der Waals surface area contributed by atoms with Crippen LogP contribution in [-0.2, 0) is 0 Å². The van der Waals surface area contributed by atoms with E-state index in [4.69, 9.17) is 11.6 Å². The van der Waals surface area contributed by atoms with Crippen molar-refractivity contribution < 1.29 is 0 Å². The van der Waals surface area contributed by atoms with E-state index in [0.717, 1.165) is 5.52 Å². The summed E-state index contributed by atoms with van der Waals surface area (Å²) in [4.78, 5) is 32.1. The number of pyridine rings is 2. The van der Waals surface area contributed by atoms with Gasteiger partial charge in [0.05, 0.1) is 11.0 Å². The van der Waals surface area contributed by atoms with Crippen LogP contribution in [0.2, 0.25) is 5.02 Å². The van der Waals surface area contributed by atoms with Gasteiger partial charge in [-0.15, -0.1) is 0 Å². The number of benzene rings is 3. The predicted molar refractivity (Wildman–Crippen MR) is 103 cm³/mol. The van der Waals surface area contributed by atoms with E-state index in [-0.39, 0.29) is 10.9 Å². The average Bonchev–Trinajstić information content (AvgIpc) is 2.62. The first-order valence-electron chi connectivity index (χ1n) is 7.82. The first-order chi connectivity index (χ1) is 12.1. The first-order valence-corrected chi connectivity index (χ1v) is 8.20. The molecule has 5 rings (SSSR count). The zero-order valence-electron chi connectivity index (χ0n) is 12.9. The molecule has 0 aliphatic heterocycles. The van der Waals surface area contributed by atoms with Crippen LogP contribution in [0.1, 0.15) is 0 Å². The molecule has 0 unspecified atom stereocenters. The number of fused-ring (bicyclic) bond motifs is 4. The molecule has 0 saturated carbocycles. The Hall–Kier alpha value is -3.11. The maximum Gasteiger partial charge on any atom is 0.197 e. The second kappa shape index (κ2) is 4.94. The molecule has 4 nitrogen and oxygen atoms in total. The number of para-hydroxylation sites is 1. The fraction of sp³-hybridized carbons (Fsp3) is 0. The lowest BCUT2D eigenvalue weighted by Crippen LogP contribution is -2.08. The van der Waals surface area contributed by atoms with E-state index in [1.54, 1.807) is 36.4 Å². The van der Waals surface area contributed by atoms with E-state index >= 15 is 0 Å². The maximum absolute atomic E-state index is 12.9. The summed E-state index contributed by atoms with van der Waals surface area (Å²) in [5.41, 5.74) is 2.56. The highest BCUT2D eigenvalue weighted by molar-refractivity contribution is 6.31. The molecule has 0 aliphatic rings. The van der Waals surface area contributed by atoms with Gasteiger partial charge in [-0.3, -0.25) is 9.59 Å². The number of aromatic amines is 2. The molecule has 0 aliphatic carbocycles. The standard InChI is InChI=1S/C20H11ClN2O2/c21-10-5-6-16-12(7-10)20(25)14-9-17-13(8-18(14)23-16)19(24)11-3-1-2-4-15(11)22-17/h1-9H,(H,22,24)(H,23,25). The van der Waals surface area contributed by atoms with E-state index in [9.17, 15) is 9.59 Å². The van der Waals surface area contributed by atoms with Crippen molar-refractivity contribution in [3.63, 3.8) is 0 Å². The van der Waals surface area contributed by atoms with Crippen LogP contribution in [0.25, 0.3) is 43.6 Å². The zero-order chi connectivity index (χ0) is 17.1. The molecule has 0 amide bonds. The van der Waals surface area contributed by atoms with Crippen molar-refractivity contribution in [3.8, 4) is 0 Å². The SMILES string of the molecule is O=c1c2ccccc2[nH]c2cc3c(=O)c4cc(Cl)ccc4[nH]c3cc12. The van der Waals surface area contributed by atoms with Gasteiger partial charge in [0.2, 0.25) is 0 Å². The predicted octanol–water partition coefficient (Wildman–Crippen LogP) is 4.33. The Labute approximate surface area is 145 Å². The third-order valence-corrected chi connectivity index (χ3v) is 4.82. The highest BCUT2D eigenvalue weighted by Gasteiger charge is 2.11. The summed E-state index contributed by atoms with van der Waals surface area (Å²) in [7, 11) is 0. The number of aromatic nitrogens is 2. The average molecular weight is 347 g/mol. The van der Waals surface area contributed by atoms with Crippen LogP contribution < -0.4 is 10.9 Å². The molecule has 3 aromatic carbocycles. The van der Waals surface area contributed by atoms with Crippen LogP contribution in [0.15, 0.2) is 64.2 Å². The number of rotatable bonds is 0. The van der Waals surface area contributed by atoms with Gasteiger partial charge in [0.1, 0.15) is 0 Å². The minimum absolute atomic E-state index is 0.0525. The Morgan fingerprint density at radius 3 is 1.88 bits per heavy atom. The topological polar surface area (TPSA) is 65.7 Å². The van der Waals surface area contributed by atoms with E-state index in [1.165, 1.54) is 0 Å². The maximum atomic E-state index is 12.9. The molecule has 0 radical (unpaired) electrons. The van der Waals surface area contributed by atoms with Gasteiger partial charge in [0.15, 0.2) is 10.9 Å². The normalized spacial score (nSPS) is 11.7. The zero-order valence-corrected chi connectivity index (χ0v) is 13.6. The van der Waals surface area contributed by atoms with Gasteiger partial charge >= 0.3 is 0 Å². The third-order valence-electron chi connectivity index (χ3n) is 4.58. The Bertz CT molecular complexity index is 1450. The molecule has 120 valence electrons. The minimum atomic E-state index is -0.109. The van der Waals surface area contributed by atoms with Gasteiger partial charge < -0.3 is 9.97 Å². The lowest BCUT2D eigenvalue weighted by Gasteiger charge is -2.07. The molecule has 0 saturated heterocycles. The Morgan fingerprint density at radius 2 is 1.16 bits per heavy atom. The van der Waals surface area contributed by atoms with Crippen molar-refractivity contribution in [2.24, 2.45) is 0 Å². The molecular weight excluding hydrogens is 336 g/mol. The Kier molecular flexibility index (Phi) is 2.82. The summed E-state index contributed by atoms with van der Waals surface area (Å²) >= 11 is 6.02. The van der Waals surface area contributed by atoms with Gasteiger partial charge in [-0.25, -0.2) is 0 Å². The summed E-state index contributed by atoms with van der Waals surface area (Å²) in [5.74, 6) is 0. The van der Waals surface area contributed by atoms with Crippen LogP contribution in [-0.4, -0.2) is 9.97 Å². The molecule has 2 aromatic heterocycles. The van der Waals surface area contributed by atoms with Gasteiger partial charge in [-0.1, -0.05) is 23.7 Å². The fourth-order valence-corrected chi connectivity index (χ4v) is 3.54. The second-order valence-corrected chi connectivity index (χ2v) is 6.52. The number of hydrogen-bond donors (Lipinski definition) is 2. The van der Waals surface area contributed by atoms with Crippen molar-refractivity contribution in [3.05, 3.63) is 80.1 Å². The smallest absolute Gasteiger partial charge is 0.197 e. The second-order valence-electron chi connectivity index (χ2n) is 6.09. The molecule has 5 heteroatoms. The molecule has 0 fully saturated rings. The Balaban J connectivity index is 2.02. The molecule has 25 heavy (non-hydrogen) atoms.